The van der Waals surface area contributed by atoms with Crippen LogP contribution >= 0.6 is 0 Å². The Labute approximate surface area is 128 Å². The highest BCUT2D eigenvalue weighted by Crippen LogP contribution is 2.44. The van der Waals surface area contributed by atoms with Gasteiger partial charge in [0, 0.05) is 6.42 Å². The third-order valence-electron chi connectivity index (χ3n) is 4.71. The molecule has 1 aliphatic rings. The Morgan fingerprint density at radius 1 is 1.33 bits per heavy atom. The Balaban J connectivity index is 2.61. The molecule has 0 aliphatic heterocycles. The highest BCUT2D eigenvalue weighted by Gasteiger charge is 2.37. The van der Waals surface area contributed by atoms with Gasteiger partial charge in [0.15, 0.2) is 0 Å². The fourth-order valence-electron chi connectivity index (χ4n) is 3.36. The van der Waals surface area contributed by atoms with Gasteiger partial charge in [-0.25, -0.2) is 0 Å². The van der Waals surface area contributed by atoms with E-state index in [-0.39, 0.29) is 0 Å². The van der Waals surface area contributed by atoms with Crippen LogP contribution in [0.4, 0.5) is 0 Å². The molecule has 0 heterocycles. The van der Waals surface area contributed by atoms with Crippen molar-refractivity contribution in [3.8, 4) is 6.07 Å². The van der Waals surface area contributed by atoms with Crippen LogP contribution in [0.15, 0.2) is 29.8 Å². The number of nitrogens with zero attached hydrogens (tertiary/aromatic N) is 1. The molecule has 112 valence electrons. The Hall–Kier alpha value is -1.59. The summed E-state index contributed by atoms with van der Waals surface area (Å²) in [7, 11) is 0. The van der Waals surface area contributed by atoms with Gasteiger partial charge >= 0.3 is 0 Å². The highest BCUT2D eigenvalue weighted by molar-refractivity contribution is 5.76. The van der Waals surface area contributed by atoms with Crippen molar-refractivity contribution in [2.75, 3.05) is 0 Å². The first kappa shape index (κ1) is 15.8. The molecule has 0 aromatic heterocycles. The molecule has 0 bridgehead atoms. The second-order valence-corrected chi connectivity index (χ2v) is 6.24. The summed E-state index contributed by atoms with van der Waals surface area (Å²) in [6.45, 7) is 6.72. The van der Waals surface area contributed by atoms with Crippen molar-refractivity contribution < 1.29 is 0 Å². The minimum Gasteiger partial charge on any atom is -0.309 e. The highest BCUT2D eigenvalue weighted by atomic mass is 14.8. The second kappa shape index (κ2) is 6.45. The quantitative estimate of drug-likeness (QED) is 0.846. The lowest BCUT2D eigenvalue weighted by Crippen LogP contribution is -2.39. The molecule has 2 heteroatoms. The second-order valence-electron chi connectivity index (χ2n) is 6.24. The van der Waals surface area contributed by atoms with Crippen LogP contribution < -0.4 is 5.73 Å². The van der Waals surface area contributed by atoms with Gasteiger partial charge in [0.2, 0.25) is 0 Å². The van der Waals surface area contributed by atoms with Crippen LogP contribution in [0.3, 0.4) is 0 Å². The van der Waals surface area contributed by atoms with Crippen molar-refractivity contribution in [3.05, 3.63) is 41.0 Å². The summed E-state index contributed by atoms with van der Waals surface area (Å²) < 4.78 is 0. The van der Waals surface area contributed by atoms with Crippen LogP contribution in [-0.2, 0) is 5.54 Å². The van der Waals surface area contributed by atoms with E-state index >= 15 is 0 Å². The summed E-state index contributed by atoms with van der Waals surface area (Å²) >= 11 is 0. The van der Waals surface area contributed by atoms with E-state index in [0.717, 1.165) is 18.4 Å². The molecule has 2 unspecified atom stereocenters. The molecule has 0 saturated heterocycles. The number of benzene rings is 1. The normalized spacial score (nSPS) is 22.6. The fourth-order valence-corrected chi connectivity index (χ4v) is 3.36. The smallest absolute Gasteiger partial charge is 0.134 e. The van der Waals surface area contributed by atoms with Crippen molar-refractivity contribution in [1.82, 2.24) is 0 Å². The van der Waals surface area contributed by atoms with Gasteiger partial charge in [-0.3, -0.25) is 0 Å². The van der Waals surface area contributed by atoms with E-state index in [1.165, 1.54) is 29.6 Å². The molecule has 0 spiro atoms. The first-order chi connectivity index (χ1) is 10.1. The number of nitriles is 1. The van der Waals surface area contributed by atoms with E-state index in [9.17, 15) is 5.26 Å². The van der Waals surface area contributed by atoms with E-state index in [1.807, 2.05) is 12.1 Å². The summed E-state index contributed by atoms with van der Waals surface area (Å²) in [5.41, 5.74) is 10.6. The van der Waals surface area contributed by atoms with E-state index in [2.05, 4.69) is 39.0 Å². The molecule has 1 aliphatic carbocycles. The van der Waals surface area contributed by atoms with E-state index in [1.54, 1.807) is 0 Å². The van der Waals surface area contributed by atoms with E-state index in [0.29, 0.717) is 12.3 Å². The predicted octanol–water partition coefficient (Wildman–Crippen LogP) is 4.76. The molecule has 2 N–H and O–H groups in total. The SMILES string of the molecule is CCCCC1=C(C(C)CC)c2ccccc2C(N)(C#N)C1. The Morgan fingerprint density at radius 3 is 2.67 bits per heavy atom. The van der Waals surface area contributed by atoms with Crippen molar-refractivity contribution in [1.29, 1.82) is 5.26 Å². The lowest BCUT2D eigenvalue weighted by Gasteiger charge is -2.35. The van der Waals surface area contributed by atoms with Crippen LogP contribution in [0, 0.1) is 17.2 Å². The van der Waals surface area contributed by atoms with Crippen LogP contribution in [0.5, 0.6) is 0 Å². The number of allylic oxidation sites excluding steroid dienone is 1. The zero-order valence-electron chi connectivity index (χ0n) is 13.4. The maximum absolute atomic E-state index is 9.62. The Kier molecular flexibility index (Phi) is 4.85. The van der Waals surface area contributed by atoms with Crippen molar-refractivity contribution in [2.24, 2.45) is 11.7 Å². The Morgan fingerprint density at radius 2 is 2.05 bits per heavy atom. The number of hydrogen-bond donors (Lipinski definition) is 1. The summed E-state index contributed by atoms with van der Waals surface area (Å²) in [5, 5.41) is 9.62. The minimum atomic E-state index is -0.864. The lowest BCUT2D eigenvalue weighted by atomic mass is 9.70. The fraction of sp³-hybridized carbons (Fsp3) is 0.526. The molecule has 2 atom stereocenters. The van der Waals surface area contributed by atoms with E-state index in [4.69, 9.17) is 5.73 Å². The van der Waals surface area contributed by atoms with Gasteiger partial charge in [-0.1, -0.05) is 57.0 Å². The summed E-state index contributed by atoms with van der Waals surface area (Å²) in [6, 6.07) is 10.6. The first-order valence-corrected chi connectivity index (χ1v) is 8.09. The van der Waals surface area contributed by atoms with E-state index < -0.39 is 5.54 Å². The molecule has 21 heavy (non-hydrogen) atoms. The van der Waals surface area contributed by atoms with Gasteiger partial charge in [0.25, 0.3) is 0 Å². The van der Waals surface area contributed by atoms with Crippen LogP contribution in [0.1, 0.15) is 64.0 Å². The third kappa shape index (κ3) is 2.89. The first-order valence-electron chi connectivity index (χ1n) is 8.09. The Bertz CT molecular complexity index is 579. The van der Waals surface area contributed by atoms with Crippen LogP contribution in [0.2, 0.25) is 0 Å². The van der Waals surface area contributed by atoms with Gasteiger partial charge in [-0.2, -0.15) is 5.26 Å². The molecule has 2 rings (SSSR count). The monoisotopic (exact) mass is 282 g/mol. The third-order valence-corrected chi connectivity index (χ3v) is 4.71. The minimum absolute atomic E-state index is 0.515. The number of fused-ring (bicyclic) bond motifs is 1. The van der Waals surface area contributed by atoms with Crippen LogP contribution in [-0.4, -0.2) is 0 Å². The van der Waals surface area contributed by atoms with Gasteiger partial charge in [0.05, 0.1) is 6.07 Å². The molecule has 0 fully saturated rings. The largest absolute Gasteiger partial charge is 0.309 e. The molecule has 0 radical (unpaired) electrons. The average molecular weight is 282 g/mol. The summed E-state index contributed by atoms with van der Waals surface area (Å²) in [4.78, 5) is 0. The lowest BCUT2D eigenvalue weighted by molar-refractivity contribution is 0.533. The summed E-state index contributed by atoms with van der Waals surface area (Å²) in [5.74, 6) is 0.515. The maximum Gasteiger partial charge on any atom is 0.134 e. The van der Waals surface area contributed by atoms with Crippen LogP contribution in [0.25, 0.3) is 5.57 Å². The predicted molar refractivity (Wildman–Crippen MR) is 88.4 cm³/mol. The molecular weight excluding hydrogens is 256 g/mol. The molecule has 1 aromatic rings. The van der Waals surface area contributed by atoms with Crippen molar-refractivity contribution in [3.63, 3.8) is 0 Å². The number of unbranched alkanes of at least 4 members (excludes halogenated alkanes) is 1. The summed E-state index contributed by atoms with van der Waals surface area (Å²) in [6.07, 6.45) is 5.19. The zero-order valence-corrected chi connectivity index (χ0v) is 13.4. The number of nitrogens with two attached hydrogens (primary N) is 1. The van der Waals surface area contributed by atoms with Gasteiger partial charge in [0.1, 0.15) is 5.54 Å². The molecule has 0 amide bonds. The van der Waals surface area contributed by atoms with Crippen molar-refractivity contribution in [2.45, 2.75) is 58.4 Å². The zero-order chi connectivity index (χ0) is 15.5. The molecule has 0 saturated carbocycles. The standard InChI is InChI=1S/C19H26N2/c1-4-6-9-15-12-19(21,13-20)17-11-8-7-10-16(17)18(15)14(3)5-2/h7-8,10-11,14H,4-6,9,12,21H2,1-3H3. The van der Waals surface area contributed by atoms with Gasteiger partial charge in [-0.05, 0) is 41.9 Å². The number of hydrogen-bond acceptors (Lipinski definition) is 2. The molecular formula is C19H26N2. The molecule has 2 nitrogen and oxygen atoms in total. The topological polar surface area (TPSA) is 49.8 Å². The maximum atomic E-state index is 9.62. The average Bonchev–Trinajstić information content (AvgIpc) is 2.52. The van der Waals surface area contributed by atoms with Gasteiger partial charge in [-0.15, -0.1) is 0 Å². The van der Waals surface area contributed by atoms with Gasteiger partial charge < -0.3 is 5.73 Å². The van der Waals surface area contributed by atoms with Crippen molar-refractivity contribution >= 4 is 5.57 Å². The molecule has 1 aromatic carbocycles. The number of rotatable bonds is 5.